The average molecular weight is 234 g/mol. The molecule has 0 aliphatic heterocycles. The Hall–Kier alpha value is -0.870. The van der Waals surface area contributed by atoms with Crippen LogP contribution in [-0.2, 0) is 0 Å². The molecule has 1 aromatic rings. The van der Waals surface area contributed by atoms with Gasteiger partial charge in [-0.1, -0.05) is 13.3 Å². The largest absolute Gasteiger partial charge is 0.432 e. The Morgan fingerprint density at radius 1 is 1.21 bits per heavy atom. The summed E-state index contributed by atoms with van der Waals surface area (Å²) in [4.78, 5) is 11.0. The molecule has 0 saturated carbocycles. The molecule has 0 atom stereocenters. The number of rotatable bonds is 4. The Morgan fingerprint density at radius 2 is 1.86 bits per heavy atom. The second-order valence-electron chi connectivity index (χ2n) is 2.43. The molecular formula is C8H9Cl2N3O. The van der Waals surface area contributed by atoms with Gasteiger partial charge in [-0.15, -0.1) is 0 Å². The molecular weight excluding hydrogens is 225 g/mol. The second kappa shape index (κ2) is 5.78. The fourth-order valence-electron chi connectivity index (χ4n) is 0.705. The summed E-state index contributed by atoms with van der Waals surface area (Å²) in [6, 6.07) is 0.0994. The van der Waals surface area contributed by atoms with Crippen molar-refractivity contribution in [3.05, 3.63) is 22.9 Å². The van der Waals surface area contributed by atoms with Gasteiger partial charge in [0.15, 0.2) is 0 Å². The molecule has 0 aromatic carbocycles. The number of nitrogens with zero attached hydrogens (tertiary/aromatic N) is 3. The van der Waals surface area contributed by atoms with Gasteiger partial charge in [0, 0.05) is 0 Å². The van der Waals surface area contributed by atoms with Crippen LogP contribution in [0.15, 0.2) is 12.3 Å². The van der Waals surface area contributed by atoms with Crippen molar-refractivity contribution < 1.29 is 4.74 Å². The van der Waals surface area contributed by atoms with Gasteiger partial charge >= 0.3 is 6.01 Å². The molecule has 0 aliphatic carbocycles. The lowest BCUT2D eigenvalue weighted by atomic mass is 10.3. The minimum absolute atomic E-state index is 0.0175. The van der Waals surface area contributed by atoms with Crippen molar-refractivity contribution in [1.82, 2.24) is 15.0 Å². The summed E-state index contributed by atoms with van der Waals surface area (Å²) in [5, 5.41) is 0.0350. The summed E-state index contributed by atoms with van der Waals surface area (Å²) in [6.07, 6.45) is 5.36. The van der Waals surface area contributed by atoms with Gasteiger partial charge in [-0.2, -0.15) is 15.0 Å². The number of aromatic nitrogens is 3. The molecule has 0 fully saturated rings. The van der Waals surface area contributed by atoms with E-state index < -0.39 is 0 Å². The van der Waals surface area contributed by atoms with Crippen LogP contribution in [0.5, 0.6) is 6.01 Å². The highest BCUT2D eigenvalue weighted by atomic mass is 35.5. The third-order valence-corrected chi connectivity index (χ3v) is 1.62. The maximum absolute atomic E-state index is 5.54. The number of allylic oxidation sites excluding steroid dienone is 1. The monoisotopic (exact) mass is 233 g/mol. The third-order valence-electron chi connectivity index (χ3n) is 1.29. The van der Waals surface area contributed by atoms with Gasteiger partial charge in [-0.25, -0.2) is 0 Å². The molecule has 0 amide bonds. The van der Waals surface area contributed by atoms with E-state index in [1.807, 2.05) is 6.08 Å². The van der Waals surface area contributed by atoms with Gasteiger partial charge in [-0.3, -0.25) is 0 Å². The lowest BCUT2D eigenvalue weighted by Crippen LogP contribution is -1.94. The topological polar surface area (TPSA) is 47.9 Å². The van der Waals surface area contributed by atoms with E-state index in [1.165, 1.54) is 6.26 Å². The van der Waals surface area contributed by atoms with Gasteiger partial charge in [0.2, 0.25) is 10.6 Å². The van der Waals surface area contributed by atoms with Gasteiger partial charge in [0.25, 0.3) is 0 Å². The van der Waals surface area contributed by atoms with Crippen LogP contribution in [0.2, 0.25) is 10.6 Å². The zero-order chi connectivity index (χ0) is 10.4. The molecule has 6 heteroatoms. The predicted octanol–water partition coefficient (Wildman–Crippen LogP) is 2.87. The van der Waals surface area contributed by atoms with Gasteiger partial charge < -0.3 is 4.74 Å². The highest BCUT2D eigenvalue weighted by molar-refractivity contribution is 6.31. The van der Waals surface area contributed by atoms with Crippen molar-refractivity contribution in [2.75, 3.05) is 0 Å². The maximum Gasteiger partial charge on any atom is 0.327 e. The maximum atomic E-state index is 5.54. The fourth-order valence-corrected chi connectivity index (χ4v) is 1.05. The molecule has 76 valence electrons. The standard InChI is InChI=1S/C8H9Cl2N3O/c1-2-3-4-5-14-8-12-6(9)11-7(10)13-8/h4-5H,2-3H2,1H3. The van der Waals surface area contributed by atoms with Crippen LogP contribution in [0.4, 0.5) is 0 Å². The quantitative estimate of drug-likeness (QED) is 0.751. The van der Waals surface area contributed by atoms with Crippen molar-refractivity contribution in [1.29, 1.82) is 0 Å². The SMILES string of the molecule is CCCC=COc1nc(Cl)nc(Cl)n1. The van der Waals surface area contributed by atoms with Crippen LogP contribution >= 0.6 is 23.2 Å². The van der Waals surface area contributed by atoms with Crippen LogP contribution in [0.1, 0.15) is 19.8 Å². The molecule has 0 radical (unpaired) electrons. The molecule has 0 saturated heterocycles. The van der Waals surface area contributed by atoms with Gasteiger partial charge in [-0.05, 0) is 35.7 Å². The summed E-state index contributed by atoms with van der Waals surface area (Å²) >= 11 is 11.1. The molecule has 14 heavy (non-hydrogen) atoms. The van der Waals surface area contributed by atoms with Gasteiger partial charge in [0.05, 0.1) is 6.26 Å². The number of hydrogen-bond donors (Lipinski definition) is 0. The predicted molar refractivity (Wildman–Crippen MR) is 54.5 cm³/mol. The van der Waals surface area contributed by atoms with Crippen molar-refractivity contribution >= 4 is 23.2 Å². The van der Waals surface area contributed by atoms with E-state index in [9.17, 15) is 0 Å². The molecule has 0 N–H and O–H groups in total. The lowest BCUT2D eigenvalue weighted by molar-refractivity contribution is 0.435. The van der Waals surface area contributed by atoms with E-state index >= 15 is 0 Å². The van der Waals surface area contributed by atoms with Crippen molar-refractivity contribution in [2.24, 2.45) is 0 Å². The Bertz CT molecular complexity index is 310. The fraction of sp³-hybridized carbons (Fsp3) is 0.375. The molecule has 0 spiro atoms. The molecule has 4 nitrogen and oxygen atoms in total. The smallest absolute Gasteiger partial charge is 0.327 e. The molecule has 1 rings (SSSR count). The zero-order valence-electron chi connectivity index (χ0n) is 7.57. The highest BCUT2D eigenvalue weighted by Crippen LogP contribution is 2.11. The van der Waals surface area contributed by atoms with E-state index in [-0.39, 0.29) is 16.6 Å². The first-order valence-corrected chi connectivity index (χ1v) is 4.86. The van der Waals surface area contributed by atoms with E-state index in [1.54, 1.807) is 0 Å². The Labute approximate surface area is 91.9 Å². The Balaban J connectivity index is 2.58. The van der Waals surface area contributed by atoms with Gasteiger partial charge in [0.1, 0.15) is 0 Å². The van der Waals surface area contributed by atoms with Crippen molar-refractivity contribution in [3.63, 3.8) is 0 Å². The molecule has 0 bridgehead atoms. The number of hydrogen-bond acceptors (Lipinski definition) is 4. The first kappa shape index (κ1) is 11.2. The minimum Gasteiger partial charge on any atom is -0.432 e. The Kier molecular flexibility index (Phi) is 4.62. The first-order chi connectivity index (χ1) is 6.72. The summed E-state index contributed by atoms with van der Waals surface area (Å²) in [5.74, 6) is 0. The molecule has 0 aliphatic rings. The van der Waals surface area contributed by atoms with Crippen LogP contribution in [0, 0.1) is 0 Å². The first-order valence-electron chi connectivity index (χ1n) is 4.11. The normalized spacial score (nSPS) is 10.8. The second-order valence-corrected chi connectivity index (χ2v) is 3.11. The average Bonchev–Trinajstić information content (AvgIpc) is 2.11. The minimum atomic E-state index is 0.0175. The molecule has 1 aromatic heterocycles. The van der Waals surface area contributed by atoms with E-state index in [0.29, 0.717) is 0 Å². The Morgan fingerprint density at radius 3 is 2.43 bits per heavy atom. The van der Waals surface area contributed by atoms with Crippen LogP contribution in [0.25, 0.3) is 0 Å². The summed E-state index contributed by atoms with van der Waals surface area (Å²) < 4.78 is 5.06. The summed E-state index contributed by atoms with van der Waals surface area (Å²) in [7, 11) is 0. The van der Waals surface area contributed by atoms with E-state index in [4.69, 9.17) is 27.9 Å². The highest BCUT2D eigenvalue weighted by Gasteiger charge is 2.01. The number of unbranched alkanes of at least 4 members (excludes halogenated alkanes) is 1. The van der Waals surface area contributed by atoms with E-state index in [0.717, 1.165) is 12.8 Å². The zero-order valence-corrected chi connectivity index (χ0v) is 9.09. The van der Waals surface area contributed by atoms with E-state index in [2.05, 4.69) is 21.9 Å². The summed E-state index contributed by atoms with van der Waals surface area (Å²) in [5.41, 5.74) is 0. The van der Waals surface area contributed by atoms with Crippen molar-refractivity contribution in [3.8, 4) is 6.01 Å². The number of ether oxygens (including phenoxy) is 1. The van der Waals surface area contributed by atoms with Crippen LogP contribution in [-0.4, -0.2) is 15.0 Å². The molecule has 1 heterocycles. The van der Waals surface area contributed by atoms with Crippen LogP contribution < -0.4 is 4.74 Å². The lowest BCUT2D eigenvalue weighted by Gasteiger charge is -1.97. The van der Waals surface area contributed by atoms with Crippen LogP contribution in [0.3, 0.4) is 0 Å². The molecule has 0 unspecified atom stereocenters. The van der Waals surface area contributed by atoms with Crippen molar-refractivity contribution in [2.45, 2.75) is 19.8 Å². The summed E-state index contributed by atoms with van der Waals surface area (Å²) in [6.45, 7) is 2.07. The third kappa shape index (κ3) is 3.89. The number of halogens is 2.